The molecule has 0 saturated heterocycles. The lowest BCUT2D eigenvalue weighted by Crippen LogP contribution is -2.16. The molecule has 2 aromatic carbocycles. The summed E-state index contributed by atoms with van der Waals surface area (Å²) in [5, 5.41) is 9.82. The van der Waals surface area contributed by atoms with Crippen LogP contribution in [0, 0.1) is 0 Å². The third-order valence-electron chi connectivity index (χ3n) is 4.96. The van der Waals surface area contributed by atoms with Crippen LogP contribution in [0.4, 0.5) is 5.95 Å². The lowest BCUT2D eigenvalue weighted by atomic mass is 10.00. The molecule has 0 radical (unpaired) electrons. The van der Waals surface area contributed by atoms with Gasteiger partial charge in [0.15, 0.2) is 5.65 Å². The second-order valence-corrected chi connectivity index (χ2v) is 9.44. The quantitative estimate of drug-likeness (QED) is 0.536. The second kappa shape index (κ2) is 7.11. The van der Waals surface area contributed by atoms with Crippen molar-refractivity contribution in [1.29, 1.82) is 0 Å². The summed E-state index contributed by atoms with van der Waals surface area (Å²) in [6.45, 7) is 6.05. The average Bonchev–Trinajstić information content (AvgIpc) is 3.11. The van der Waals surface area contributed by atoms with E-state index in [1.807, 2.05) is 39.0 Å². The molecule has 0 aliphatic rings. The molecule has 0 spiro atoms. The number of sulfone groups is 1. The predicted octanol–water partition coefficient (Wildman–Crippen LogP) is 3.98. The van der Waals surface area contributed by atoms with E-state index in [9.17, 15) is 8.42 Å². The van der Waals surface area contributed by atoms with Gasteiger partial charge >= 0.3 is 0 Å². The van der Waals surface area contributed by atoms with E-state index in [1.54, 1.807) is 10.7 Å². The van der Waals surface area contributed by atoms with Crippen LogP contribution in [0.5, 0.6) is 0 Å². The number of aromatic nitrogens is 4. The molecule has 8 heteroatoms. The number of fused-ring (bicyclic) bond motifs is 2. The molecule has 0 bridgehead atoms. The molecule has 1 N–H and O–H groups in total. The third kappa shape index (κ3) is 3.55. The fraction of sp³-hybridized carbons (Fsp3) is 0.286. The van der Waals surface area contributed by atoms with Gasteiger partial charge in [0.05, 0.1) is 12.2 Å². The lowest BCUT2D eigenvalue weighted by molar-refractivity contribution is 0.591. The van der Waals surface area contributed by atoms with Crippen LogP contribution in [0.25, 0.3) is 16.4 Å². The van der Waals surface area contributed by atoms with Crippen molar-refractivity contribution in [2.24, 2.45) is 0 Å². The molecule has 1 unspecified atom stereocenters. The molecule has 4 rings (SSSR count). The molecule has 4 aromatic rings. The Labute approximate surface area is 169 Å². The highest BCUT2D eigenvalue weighted by Crippen LogP contribution is 2.28. The van der Waals surface area contributed by atoms with Crippen LogP contribution in [0.1, 0.15) is 43.9 Å². The van der Waals surface area contributed by atoms with E-state index >= 15 is 0 Å². The summed E-state index contributed by atoms with van der Waals surface area (Å²) in [5.74, 6) is 0.501. The molecule has 0 aliphatic heterocycles. The number of benzene rings is 2. The summed E-state index contributed by atoms with van der Waals surface area (Å²) in [7, 11) is -3.58. The van der Waals surface area contributed by atoms with E-state index in [4.69, 9.17) is 0 Å². The number of nitrogens with zero attached hydrogens (tertiary/aromatic N) is 4. The Morgan fingerprint density at radius 3 is 2.41 bits per heavy atom. The molecule has 0 amide bonds. The van der Waals surface area contributed by atoms with Crippen molar-refractivity contribution in [3.05, 3.63) is 59.8 Å². The molecular weight excluding hydrogens is 386 g/mol. The normalized spacial score (nSPS) is 13.3. The van der Waals surface area contributed by atoms with Crippen molar-refractivity contribution in [3.8, 4) is 0 Å². The minimum atomic E-state index is -3.58. The number of hydrogen-bond donors (Lipinski definition) is 1. The minimum Gasteiger partial charge on any atom is -0.348 e. The number of anilines is 1. The fourth-order valence-corrected chi connectivity index (χ4v) is 3.95. The van der Waals surface area contributed by atoms with Crippen molar-refractivity contribution >= 4 is 32.2 Å². The first-order chi connectivity index (χ1) is 13.8. The second-order valence-electron chi connectivity index (χ2n) is 7.53. The summed E-state index contributed by atoms with van der Waals surface area (Å²) < 4.78 is 25.9. The maximum atomic E-state index is 12.2. The van der Waals surface area contributed by atoms with E-state index in [0.29, 0.717) is 11.6 Å². The number of rotatable bonds is 5. The van der Waals surface area contributed by atoms with E-state index < -0.39 is 9.84 Å². The van der Waals surface area contributed by atoms with E-state index in [-0.39, 0.29) is 17.1 Å². The van der Waals surface area contributed by atoms with Gasteiger partial charge in [0, 0.05) is 11.8 Å². The molecular formula is C21H23N5O2S. The highest BCUT2D eigenvalue weighted by atomic mass is 32.2. The van der Waals surface area contributed by atoms with Gasteiger partial charge in [-0.05, 0) is 29.2 Å². The minimum absolute atomic E-state index is 0.127. The highest BCUT2D eigenvalue weighted by molar-refractivity contribution is 7.90. The van der Waals surface area contributed by atoms with E-state index in [0.717, 1.165) is 28.2 Å². The van der Waals surface area contributed by atoms with E-state index in [1.165, 1.54) is 0 Å². The van der Waals surface area contributed by atoms with Gasteiger partial charge < -0.3 is 5.32 Å². The summed E-state index contributed by atoms with van der Waals surface area (Å²) >= 11 is 0. The Balaban J connectivity index is 1.85. The Kier molecular flexibility index (Phi) is 4.74. The summed E-state index contributed by atoms with van der Waals surface area (Å²) in [5.41, 5.74) is 2.47. The number of hydrogen-bond acceptors (Lipinski definition) is 6. The summed E-state index contributed by atoms with van der Waals surface area (Å²) in [4.78, 5) is 8.56. The molecule has 0 fully saturated rings. The van der Waals surface area contributed by atoms with Crippen LogP contribution in [0.3, 0.4) is 0 Å². The molecule has 2 heterocycles. The first kappa shape index (κ1) is 19.3. The standard InChI is InChI=1S/C21H23N5O2S/c1-13(2)18-12-22-26-19(18)24-21(29(4,27)28)25-20(26)23-14(3)16-11-7-9-15-8-5-6-10-17(15)16/h5-14H,1-4H3,(H,23,24,25). The number of nitrogens with one attached hydrogen (secondary N) is 1. The van der Waals surface area contributed by atoms with Gasteiger partial charge in [0.1, 0.15) is 0 Å². The Bertz CT molecular complexity index is 1310. The Hall–Kier alpha value is -3.00. The molecule has 0 saturated carbocycles. The van der Waals surface area contributed by atoms with Crippen LogP contribution in [-0.4, -0.2) is 34.3 Å². The van der Waals surface area contributed by atoms with Crippen molar-refractivity contribution in [3.63, 3.8) is 0 Å². The van der Waals surface area contributed by atoms with E-state index in [2.05, 4.69) is 44.6 Å². The first-order valence-corrected chi connectivity index (χ1v) is 11.3. The van der Waals surface area contributed by atoms with Gasteiger partial charge in [0.2, 0.25) is 15.8 Å². The zero-order valence-corrected chi connectivity index (χ0v) is 17.6. The average molecular weight is 410 g/mol. The van der Waals surface area contributed by atoms with Crippen LogP contribution in [0.2, 0.25) is 0 Å². The highest BCUT2D eigenvalue weighted by Gasteiger charge is 2.21. The zero-order valence-electron chi connectivity index (χ0n) is 16.8. The van der Waals surface area contributed by atoms with Gasteiger partial charge in [0.25, 0.3) is 5.16 Å². The molecule has 1 atom stereocenters. The summed E-state index contributed by atoms with van der Waals surface area (Å²) in [6, 6.07) is 14.2. The first-order valence-electron chi connectivity index (χ1n) is 9.45. The smallest absolute Gasteiger partial charge is 0.252 e. The molecule has 150 valence electrons. The molecule has 0 aliphatic carbocycles. The van der Waals surface area contributed by atoms with Crippen LogP contribution in [0.15, 0.2) is 53.8 Å². The topological polar surface area (TPSA) is 89.2 Å². The Morgan fingerprint density at radius 1 is 0.966 bits per heavy atom. The fourth-order valence-electron chi connectivity index (χ4n) is 3.44. The Morgan fingerprint density at radius 2 is 1.69 bits per heavy atom. The SMILES string of the molecule is CC(C)c1cnn2c(NC(C)c3cccc4ccccc34)nc(S(C)(=O)=O)nc12. The monoisotopic (exact) mass is 409 g/mol. The van der Waals surface area contributed by atoms with Crippen LogP contribution < -0.4 is 5.32 Å². The molecule has 7 nitrogen and oxygen atoms in total. The van der Waals surface area contributed by atoms with Gasteiger partial charge in [-0.25, -0.2) is 8.42 Å². The predicted molar refractivity (Wildman–Crippen MR) is 114 cm³/mol. The maximum Gasteiger partial charge on any atom is 0.252 e. The van der Waals surface area contributed by atoms with Crippen molar-refractivity contribution in [2.75, 3.05) is 11.6 Å². The summed E-state index contributed by atoms with van der Waals surface area (Å²) in [6.07, 6.45) is 2.83. The van der Waals surface area contributed by atoms with Crippen molar-refractivity contribution < 1.29 is 8.42 Å². The van der Waals surface area contributed by atoms with Gasteiger partial charge in [-0.3, -0.25) is 0 Å². The largest absolute Gasteiger partial charge is 0.348 e. The lowest BCUT2D eigenvalue weighted by Gasteiger charge is -2.18. The van der Waals surface area contributed by atoms with Crippen molar-refractivity contribution in [1.82, 2.24) is 19.6 Å². The van der Waals surface area contributed by atoms with Gasteiger partial charge in [-0.15, -0.1) is 0 Å². The van der Waals surface area contributed by atoms with Crippen LogP contribution >= 0.6 is 0 Å². The van der Waals surface area contributed by atoms with Gasteiger partial charge in [-0.2, -0.15) is 19.6 Å². The third-order valence-corrected chi connectivity index (χ3v) is 5.81. The molecule has 2 aromatic heterocycles. The van der Waals surface area contributed by atoms with Crippen LogP contribution in [-0.2, 0) is 9.84 Å². The van der Waals surface area contributed by atoms with Gasteiger partial charge in [-0.1, -0.05) is 56.3 Å². The maximum absolute atomic E-state index is 12.2. The van der Waals surface area contributed by atoms with Crippen molar-refractivity contribution in [2.45, 2.75) is 37.9 Å². The molecule has 29 heavy (non-hydrogen) atoms. The zero-order chi connectivity index (χ0) is 20.8.